The highest BCUT2D eigenvalue weighted by atomic mass is 16.4. The van der Waals surface area contributed by atoms with Gasteiger partial charge in [0.1, 0.15) is 33.5 Å². The van der Waals surface area contributed by atoms with Crippen molar-refractivity contribution in [1.29, 1.82) is 0 Å². The molecule has 0 atom stereocenters. The van der Waals surface area contributed by atoms with Crippen LogP contribution >= 0.6 is 0 Å². The molecule has 0 bridgehead atoms. The van der Waals surface area contributed by atoms with Crippen LogP contribution < -0.4 is 0 Å². The van der Waals surface area contributed by atoms with Gasteiger partial charge in [-0.25, -0.2) is 9.97 Å². The van der Waals surface area contributed by atoms with Crippen molar-refractivity contribution in [2.75, 3.05) is 0 Å². The molecule has 7 nitrogen and oxygen atoms in total. The van der Waals surface area contributed by atoms with Gasteiger partial charge in [0.15, 0.2) is 0 Å². The molecule has 0 N–H and O–H groups in total. The summed E-state index contributed by atoms with van der Waals surface area (Å²) in [5.41, 5.74) is 19.1. The van der Waals surface area contributed by atoms with Crippen molar-refractivity contribution in [2.45, 2.75) is 0 Å². The molecule has 0 amide bonds. The fourth-order valence-electron chi connectivity index (χ4n) is 13.0. The van der Waals surface area contributed by atoms with Gasteiger partial charge in [0, 0.05) is 76.2 Å². The summed E-state index contributed by atoms with van der Waals surface area (Å²) < 4.78 is 29.6. The van der Waals surface area contributed by atoms with Crippen LogP contribution in [0.15, 0.2) is 254 Å². The van der Waals surface area contributed by atoms with Gasteiger partial charge in [0.2, 0.25) is 11.4 Å². The molecule has 79 heavy (non-hydrogen) atoms. The van der Waals surface area contributed by atoms with Crippen LogP contribution in [0.5, 0.6) is 0 Å². The highest BCUT2D eigenvalue weighted by Gasteiger charge is 2.26. The zero-order chi connectivity index (χ0) is 51.4. The monoisotopic (exact) mass is 1010 g/mol. The van der Waals surface area contributed by atoms with E-state index in [0.29, 0.717) is 11.4 Å². The number of pyridine rings is 2. The van der Waals surface area contributed by atoms with Gasteiger partial charge in [-0.05, 0) is 95.1 Å². The number of para-hydroxylation sites is 7. The molecule has 366 valence electrons. The quantitative estimate of drug-likeness (QED) is 0.171. The first-order chi connectivity index (χ1) is 39.2. The van der Waals surface area contributed by atoms with Crippen LogP contribution in [0.4, 0.5) is 0 Å². The van der Waals surface area contributed by atoms with Crippen LogP contribution in [-0.4, -0.2) is 14.5 Å². The van der Waals surface area contributed by atoms with Crippen molar-refractivity contribution in [3.05, 3.63) is 237 Å². The van der Waals surface area contributed by atoms with E-state index in [4.69, 9.17) is 27.6 Å². The van der Waals surface area contributed by atoms with E-state index in [-0.39, 0.29) is 0 Å². The summed E-state index contributed by atoms with van der Waals surface area (Å²) >= 11 is 0. The molecule has 7 heteroatoms. The third kappa shape index (κ3) is 6.01. The maximum Gasteiger partial charge on any atom is 0.228 e. The number of benzene rings is 11. The van der Waals surface area contributed by atoms with Gasteiger partial charge < -0.3 is 22.2 Å². The maximum atomic E-state index is 7.04. The van der Waals surface area contributed by atoms with Gasteiger partial charge in [0.05, 0.1) is 38.4 Å². The van der Waals surface area contributed by atoms with E-state index >= 15 is 0 Å². The topological polar surface area (TPSA) is 83.3 Å². The van der Waals surface area contributed by atoms with Gasteiger partial charge in [0.25, 0.3) is 0 Å². The summed E-state index contributed by atoms with van der Waals surface area (Å²) in [6.07, 6.45) is 0. The SMILES string of the molecule is c1cc(-c2c3oc4ccccc4c3cc3c2oc2ccccc23)cc(-c2c3cc(-c4cccc5c4oc4nc6ccccc6c(-c6ccc(-n7c8ccccc8c8ccccc87)cc6)c45)ccc3nc3oc4ccccc4c23)c1. The summed E-state index contributed by atoms with van der Waals surface area (Å²) in [7, 11) is 0. The van der Waals surface area contributed by atoms with E-state index in [9.17, 15) is 0 Å². The van der Waals surface area contributed by atoms with Gasteiger partial charge in [-0.15, -0.1) is 0 Å². The van der Waals surface area contributed by atoms with Crippen LogP contribution in [0, 0.1) is 0 Å². The minimum absolute atomic E-state index is 0.578. The first kappa shape index (κ1) is 42.5. The molecule has 0 aliphatic carbocycles. The Labute approximate surface area is 448 Å². The third-order valence-electron chi connectivity index (χ3n) is 16.4. The molecule has 11 aromatic carbocycles. The second-order valence-corrected chi connectivity index (χ2v) is 20.7. The lowest BCUT2D eigenvalue weighted by Gasteiger charge is -2.13. The van der Waals surface area contributed by atoms with Gasteiger partial charge in [-0.1, -0.05) is 164 Å². The minimum atomic E-state index is 0.578. The van der Waals surface area contributed by atoms with Crippen molar-refractivity contribution < 1.29 is 17.7 Å². The lowest BCUT2D eigenvalue weighted by molar-refractivity contribution is 0.655. The Morgan fingerprint density at radius 1 is 0.278 bits per heavy atom. The lowest BCUT2D eigenvalue weighted by atomic mass is 9.91. The molecule has 7 aromatic heterocycles. The molecule has 0 aliphatic rings. The smallest absolute Gasteiger partial charge is 0.228 e. The van der Waals surface area contributed by atoms with E-state index in [1.54, 1.807) is 0 Å². The molecule has 0 spiro atoms. The largest absolute Gasteiger partial charge is 0.455 e. The second kappa shape index (κ2) is 15.9. The number of nitrogens with zero attached hydrogens (tertiary/aromatic N) is 3. The number of fused-ring (bicyclic) bond motifs is 17. The van der Waals surface area contributed by atoms with Gasteiger partial charge >= 0.3 is 0 Å². The van der Waals surface area contributed by atoms with Crippen LogP contribution in [0.25, 0.3) is 182 Å². The number of rotatable bonds is 5. The summed E-state index contributed by atoms with van der Waals surface area (Å²) in [5.74, 6) is 0. The standard InChI is InChI=1S/C72H39N3O4/c1-7-25-56-50(21-1)63(40-31-34-44(35-32-40)75-58-26-8-2-17-46(58)47-18-3-9-27-59(47)75)67-52-24-14-23-45(68(52)79-72(67)73-56)41-33-36-57-55(38-41)64(66-51-22-6-12-30-62(51)78-71(66)74-57)42-15-13-16-43(37-42)65-69-53(48-19-4-10-28-60(48)76-69)39-54-49-20-5-11-29-61(49)77-70(54)65/h1-39H. The molecule has 0 saturated carbocycles. The first-order valence-corrected chi connectivity index (χ1v) is 26.6. The van der Waals surface area contributed by atoms with Crippen molar-refractivity contribution in [3.63, 3.8) is 0 Å². The van der Waals surface area contributed by atoms with E-state index in [1.165, 1.54) is 21.8 Å². The Morgan fingerprint density at radius 3 is 1.48 bits per heavy atom. The second-order valence-electron chi connectivity index (χ2n) is 20.7. The van der Waals surface area contributed by atoms with E-state index in [2.05, 4.69) is 199 Å². The molecule has 18 rings (SSSR count). The highest BCUT2D eigenvalue weighted by molar-refractivity contribution is 6.25. The zero-order valence-electron chi connectivity index (χ0n) is 42.0. The molecule has 0 radical (unpaired) electrons. The fourth-order valence-corrected chi connectivity index (χ4v) is 13.0. The number of furan rings is 4. The van der Waals surface area contributed by atoms with Crippen LogP contribution in [-0.2, 0) is 0 Å². The van der Waals surface area contributed by atoms with E-state index in [1.807, 2.05) is 42.5 Å². The van der Waals surface area contributed by atoms with Crippen molar-refractivity contribution in [2.24, 2.45) is 0 Å². The zero-order valence-corrected chi connectivity index (χ0v) is 42.0. The molecular formula is C72H39N3O4. The Bertz CT molecular complexity index is 5490. The molecule has 18 aromatic rings. The fraction of sp³-hybridized carbons (Fsp3) is 0. The first-order valence-electron chi connectivity index (χ1n) is 26.6. The van der Waals surface area contributed by atoms with E-state index < -0.39 is 0 Å². The van der Waals surface area contributed by atoms with E-state index in [0.717, 1.165) is 149 Å². The Morgan fingerprint density at radius 2 is 0.785 bits per heavy atom. The molecule has 7 heterocycles. The van der Waals surface area contributed by atoms with Gasteiger partial charge in [-0.2, -0.15) is 0 Å². The molecular weight excluding hydrogens is 971 g/mol. The lowest BCUT2D eigenvalue weighted by Crippen LogP contribution is -1.94. The Kier molecular flexibility index (Phi) is 8.54. The van der Waals surface area contributed by atoms with Gasteiger partial charge in [-0.3, -0.25) is 0 Å². The average molecular weight is 1010 g/mol. The predicted molar refractivity (Wildman–Crippen MR) is 322 cm³/mol. The van der Waals surface area contributed by atoms with Crippen molar-refractivity contribution >= 4 is 132 Å². The predicted octanol–water partition coefficient (Wildman–Crippen LogP) is 20.1. The average Bonchev–Trinajstić information content (AvgIpc) is 4.53. The summed E-state index contributed by atoms with van der Waals surface area (Å²) in [6, 6.07) is 83.3. The normalized spacial score (nSPS) is 12.3. The number of aromatic nitrogens is 3. The summed E-state index contributed by atoms with van der Waals surface area (Å²) in [4.78, 5) is 10.5. The molecule has 0 aliphatic heterocycles. The Hall–Kier alpha value is -10.8. The summed E-state index contributed by atoms with van der Waals surface area (Å²) in [6.45, 7) is 0. The summed E-state index contributed by atoms with van der Waals surface area (Å²) in [5, 5.41) is 12.6. The minimum Gasteiger partial charge on any atom is -0.455 e. The molecule has 0 fully saturated rings. The van der Waals surface area contributed by atoms with Crippen LogP contribution in [0.3, 0.4) is 0 Å². The maximum absolute atomic E-state index is 7.04. The van der Waals surface area contributed by atoms with Crippen molar-refractivity contribution in [1.82, 2.24) is 14.5 Å². The number of hydrogen-bond acceptors (Lipinski definition) is 6. The van der Waals surface area contributed by atoms with Crippen LogP contribution in [0.1, 0.15) is 0 Å². The number of hydrogen-bond donors (Lipinski definition) is 0. The Balaban J connectivity index is 0.845. The molecule has 0 unspecified atom stereocenters. The van der Waals surface area contributed by atoms with Crippen molar-refractivity contribution in [3.8, 4) is 50.2 Å². The third-order valence-corrected chi connectivity index (χ3v) is 16.4. The highest BCUT2D eigenvalue weighted by Crippen LogP contribution is 2.49. The van der Waals surface area contributed by atoms with Crippen LogP contribution in [0.2, 0.25) is 0 Å². The molecule has 0 saturated heterocycles.